The van der Waals surface area contributed by atoms with E-state index in [9.17, 15) is 5.11 Å². The number of hydrogen-bond donors (Lipinski definition) is 1. The zero-order valence-electron chi connectivity index (χ0n) is 25.7. The van der Waals surface area contributed by atoms with Crippen LogP contribution in [0.15, 0.2) is 34.9 Å². The van der Waals surface area contributed by atoms with E-state index in [1.807, 2.05) is 6.92 Å². The second-order valence-corrected chi connectivity index (χ2v) is 12.5. The van der Waals surface area contributed by atoms with Crippen LogP contribution in [0.4, 0.5) is 0 Å². The number of likely N-dealkylation sites (N-methyl/N-ethyl adjacent to an activating group) is 1. The van der Waals surface area contributed by atoms with Gasteiger partial charge in [0.05, 0.1) is 0 Å². The predicted molar refractivity (Wildman–Crippen MR) is 162 cm³/mol. The van der Waals surface area contributed by atoms with E-state index < -0.39 is 0 Å². The summed E-state index contributed by atoms with van der Waals surface area (Å²) in [6.07, 6.45) is 15.8. The van der Waals surface area contributed by atoms with E-state index in [1.165, 1.54) is 28.7 Å². The second-order valence-electron chi connectivity index (χ2n) is 12.5. The molecule has 1 unspecified atom stereocenters. The molecule has 2 aliphatic heterocycles. The third kappa shape index (κ3) is 8.48. The summed E-state index contributed by atoms with van der Waals surface area (Å²) in [6, 6.07) is 0. The lowest BCUT2D eigenvalue weighted by Crippen LogP contribution is -2.44. The van der Waals surface area contributed by atoms with Gasteiger partial charge in [-0.15, -0.1) is 0 Å². The Hall–Kier alpha value is -2.04. The average molecular weight is 523 g/mol. The van der Waals surface area contributed by atoms with E-state index in [1.54, 1.807) is 0 Å². The molecular formula is C34H54N2O2. The van der Waals surface area contributed by atoms with Crippen molar-refractivity contribution in [1.29, 1.82) is 0 Å². The summed E-state index contributed by atoms with van der Waals surface area (Å²) < 4.78 is 6.80. The molecule has 1 atom stereocenters. The van der Waals surface area contributed by atoms with Gasteiger partial charge in [-0.2, -0.15) is 0 Å². The van der Waals surface area contributed by atoms with Gasteiger partial charge in [0.1, 0.15) is 17.1 Å². The van der Waals surface area contributed by atoms with Crippen molar-refractivity contribution < 1.29 is 9.84 Å². The molecule has 0 radical (unpaired) electrons. The first-order valence-electron chi connectivity index (χ1n) is 14.9. The normalized spacial score (nSPS) is 21.3. The molecule has 0 saturated carbocycles. The number of allylic oxidation sites excluding steroid dienone is 6. The molecule has 212 valence electrons. The zero-order chi connectivity index (χ0) is 27.9. The van der Waals surface area contributed by atoms with Crippen molar-refractivity contribution in [3.63, 3.8) is 0 Å². The van der Waals surface area contributed by atoms with E-state index in [4.69, 9.17) is 4.74 Å². The van der Waals surface area contributed by atoms with Crippen LogP contribution in [0.1, 0.15) is 102 Å². The van der Waals surface area contributed by atoms with Gasteiger partial charge in [-0.05, 0) is 118 Å². The Morgan fingerprint density at radius 1 is 0.895 bits per heavy atom. The van der Waals surface area contributed by atoms with Crippen LogP contribution in [0.3, 0.4) is 0 Å². The van der Waals surface area contributed by atoms with Gasteiger partial charge >= 0.3 is 0 Å². The number of hydrogen-bond acceptors (Lipinski definition) is 4. The van der Waals surface area contributed by atoms with Gasteiger partial charge in [0.2, 0.25) is 0 Å². The van der Waals surface area contributed by atoms with Gasteiger partial charge in [-0.3, -0.25) is 4.90 Å². The first kappa shape index (κ1) is 30.5. The SMILES string of the molecule is CC(C)=CCC/C(C)=C/CC/C(C)=C/CCC1(C)CCc2c(CN3CCN(C)CC3)c(O)c(C)c(C)c2O1. The fourth-order valence-electron chi connectivity index (χ4n) is 5.71. The minimum atomic E-state index is -0.162. The lowest BCUT2D eigenvalue weighted by molar-refractivity contribution is 0.0552. The Morgan fingerprint density at radius 3 is 2.13 bits per heavy atom. The molecule has 1 N–H and O–H groups in total. The van der Waals surface area contributed by atoms with E-state index in [0.29, 0.717) is 5.75 Å². The second kappa shape index (κ2) is 13.8. The summed E-state index contributed by atoms with van der Waals surface area (Å²) in [7, 11) is 2.18. The van der Waals surface area contributed by atoms with Crippen molar-refractivity contribution in [3.8, 4) is 11.5 Å². The molecule has 1 fully saturated rings. The van der Waals surface area contributed by atoms with Crippen LogP contribution in [-0.2, 0) is 13.0 Å². The Morgan fingerprint density at radius 2 is 1.50 bits per heavy atom. The minimum absolute atomic E-state index is 0.162. The highest BCUT2D eigenvalue weighted by atomic mass is 16.5. The number of phenolic OH excluding ortho intramolecular Hbond substituents is 1. The first-order chi connectivity index (χ1) is 18.0. The lowest BCUT2D eigenvalue weighted by atomic mass is 9.84. The fourth-order valence-corrected chi connectivity index (χ4v) is 5.71. The Bertz CT molecular complexity index is 1040. The van der Waals surface area contributed by atoms with Gasteiger partial charge < -0.3 is 14.7 Å². The number of fused-ring (bicyclic) bond motifs is 1. The van der Waals surface area contributed by atoms with Crippen LogP contribution in [0.2, 0.25) is 0 Å². The van der Waals surface area contributed by atoms with Gasteiger partial charge in [0.25, 0.3) is 0 Å². The van der Waals surface area contributed by atoms with Crippen LogP contribution >= 0.6 is 0 Å². The van der Waals surface area contributed by atoms with Crippen molar-refractivity contribution >= 4 is 0 Å². The number of phenols is 1. The molecule has 0 spiro atoms. The molecule has 38 heavy (non-hydrogen) atoms. The third-order valence-electron chi connectivity index (χ3n) is 8.70. The highest BCUT2D eigenvalue weighted by Gasteiger charge is 2.35. The molecular weight excluding hydrogens is 468 g/mol. The standard InChI is InChI=1S/C34H54N2O2/c1-25(2)12-9-13-26(3)14-10-15-27(4)16-11-18-34(7)19-17-30-31(24-36-22-20-35(8)21-23-36)32(37)28(5)29(6)33(30)38-34/h12,14,16,37H,9-11,13,15,17-24H2,1-8H3/b26-14+,27-16+. The summed E-state index contributed by atoms with van der Waals surface area (Å²) in [5, 5.41) is 11.1. The fraction of sp³-hybridized carbons (Fsp3) is 0.647. The summed E-state index contributed by atoms with van der Waals surface area (Å²) >= 11 is 0. The van der Waals surface area contributed by atoms with Gasteiger partial charge in [0, 0.05) is 43.9 Å². The summed E-state index contributed by atoms with van der Waals surface area (Å²) in [6.45, 7) is 20.4. The highest BCUT2D eigenvalue weighted by molar-refractivity contribution is 5.59. The van der Waals surface area contributed by atoms with Crippen LogP contribution in [0.25, 0.3) is 0 Å². The van der Waals surface area contributed by atoms with Crippen LogP contribution in [0.5, 0.6) is 11.5 Å². The van der Waals surface area contributed by atoms with Crippen LogP contribution in [0, 0.1) is 13.8 Å². The maximum atomic E-state index is 11.1. The number of benzene rings is 1. The molecule has 1 saturated heterocycles. The molecule has 0 amide bonds. The number of aromatic hydroxyl groups is 1. The summed E-state index contributed by atoms with van der Waals surface area (Å²) in [4.78, 5) is 4.85. The number of rotatable bonds is 11. The number of ether oxygens (including phenoxy) is 1. The zero-order valence-corrected chi connectivity index (χ0v) is 25.7. The van der Waals surface area contributed by atoms with Crippen LogP contribution < -0.4 is 4.74 Å². The topological polar surface area (TPSA) is 35.9 Å². The number of nitrogens with zero attached hydrogens (tertiary/aromatic N) is 2. The Kier molecular flexibility index (Phi) is 11.1. The van der Waals surface area contributed by atoms with Crippen molar-refractivity contribution in [1.82, 2.24) is 9.80 Å². The van der Waals surface area contributed by atoms with Crippen molar-refractivity contribution in [2.24, 2.45) is 0 Å². The molecule has 2 aliphatic rings. The van der Waals surface area contributed by atoms with Gasteiger partial charge in [0.15, 0.2) is 0 Å². The van der Waals surface area contributed by atoms with Gasteiger partial charge in [-0.1, -0.05) is 34.9 Å². The molecule has 4 nitrogen and oxygen atoms in total. The number of piperazine rings is 1. The smallest absolute Gasteiger partial charge is 0.127 e. The largest absolute Gasteiger partial charge is 0.507 e. The Balaban J connectivity index is 1.59. The van der Waals surface area contributed by atoms with Crippen molar-refractivity contribution in [3.05, 3.63) is 57.2 Å². The molecule has 3 rings (SSSR count). The van der Waals surface area contributed by atoms with Crippen molar-refractivity contribution in [2.45, 2.75) is 112 Å². The minimum Gasteiger partial charge on any atom is -0.507 e. The third-order valence-corrected chi connectivity index (χ3v) is 8.70. The lowest BCUT2D eigenvalue weighted by Gasteiger charge is -2.39. The maximum absolute atomic E-state index is 11.1. The van der Waals surface area contributed by atoms with Crippen LogP contribution in [-0.4, -0.2) is 53.7 Å². The van der Waals surface area contributed by atoms with E-state index in [0.717, 1.165) is 100 Å². The molecule has 0 bridgehead atoms. The molecule has 4 heteroatoms. The monoisotopic (exact) mass is 522 g/mol. The molecule has 0 aromatic heterocycles. The summed E-state index contributed by atoms with van der Waals surface area (Å²) in [5.74, 6) is 1.51. The highest BCUT2D eigenvalue weighted by Crippen LogP contribution is 2.45. The average Bonchev–Trinajstić information content (AvgIpc) is 2.86. The molecule has 0 aliphatic carbocycles. The van der Waals surface area contributed by atoms with E-state index >= 15 is 0 Å². The van der Waals surface area contributed by atoms with Crippen molar-refractivity contribution in [2.75, 3.05) is 33.2 Å². The Labute approximate surface area is 233 Å². The predicted octanol–water partition coefficient (Wildman–Crippen LogP) is 8.04. The molecule has 1 aromatic rings. The van der Waals surface area contributed by atoms with E-state index in [-0.39, 0.29) is 5.60 Å². The van der Waals surface area contributed by atoms with Gasteiger partial charge in [-0.25, -0.2) is 0 Å². The maximum Gasteiger partial charge on any atom is 0.127 e. The molecule has 1 aromatic carbocycles. The van der Waals surface area contributed by atoms with E-state index in [2.05, 4.69) is 76.6 Å². The quantitative estimate of drug-likeness (QED) is 0.298. The molecule has 2 heterocycles. The summed E-state index contributed by atoms with van der Waals surface area (Å²) in [5.41, 5.74) is 8.62. The first-order valence-corrected chi connectivity index (χ1v) is 14.9.